The van der Waals surface area contributed by atoms with Crippen LogP contribution in [0, 0.1) is 0 Å². The Morgan fingerprint density at radius 1 is 1.80 bits per heavy atom. The van der Waals surface area contributed by atoms with E-state index in [2.05, 4.69) is 27.3 Å². The summed E-state index contributed by atoms with van der Waals surface area (Å²) in [6.45, 7) is 0. The van der Waals surface area contributed by atoms with Gasteiger partial charge in [-0.25, -0.2) is 4.79 Å². The number of hydrogen-bond donors (Lipinski definition) is 0. The summed E-state index contributed by atoms with van der Waals surface area (Å²) in [6, 6.07) is 0. The van der Waals surface area contributed by atoms with Crippen LogP contribution >= 0.6 is 22.6 Å². The van der Waals surface area contributed by atoms with Crippen molar-refractivity contribution in [2.24, 2.45) is 0 Å². The lowest BCUT2D eigenvalue weighted by atomic mass is 10.2. The van der Waals surface area contributed by atoms with Crippen molar-refractivity contribution in [3.8, 4) is 0 Å². The molecule has 0 aromatic carbocycles. The number of esters is 1. The average molecular weight is 250 g/mol. The smallest absolute Gasteiger partial charge is 0.334 e. The topological polar surface area (TPSA) is 26.3 Å². The molecular formula is C7H7IO2. The van der Waals surface area contributed by atoms with E-state index < -0.39 is 0 Å². The Labute approximate surface area is 73.1 Å². The number of carbonyl (C=O) groups excluding carboxylic acids is 1. The zero-order valence-corrected chi connectivity index (χ0v) is 7.71. The van der Waals surface area contributed by atoms with Gasteiger partial charge in [0.15, 0.2) is 0 Å². The van der Waals surface area contributed by atoms with Crippen LogP contribution in [0.15, 0.2) is 21.3 Å². The number of methoxy groups -OCH3 is 1. The van der Waals surface area contributed by atoms with E-state index in [1.807, 2.05) is 12.2 Å². The summed E-state index contributed by atoms with van der Waals surface area (Å²) in [4.78, 5) is 10.8. The monoisotopic (exact) mass is 250 g/mol. The summed E-state index contributed by atoms with van der Waals surface area (Å²) < 4.78 is 5.65. The molecule has 0 saturated heterocycles. The molecule has 0 amide bonds. The summed E-state index contributed by atoms with van der Waals surface area (Å²) >= 11 is 2.17. The minimum Gasteiger partial charge on any atom is -0.466 e. The first-order valence-corrected chi connectivity index (χ1v) is 3.96. The third kappa shape index (κ3) is 1.59. The molecule has 10 heavy (non-hydrogen) atoms. The van der Waals surface area contributed by atoms with Crippen LogP contribution in [-0.2, 0) is 9.53 Å². The van der Waals surface area contributed by atoms with Crippen LogP contribution in [0.3, 0.4) is 0 Å². The molecule has 0 spiro atoms. The van der Waals surface area contributed by atoms with E-state index in [0.717, 1.165) is 9.15 Å². The summed E-state index contributed by atoms with van der Waals surface area (Å²) in [5.41, 5.74) is 0.743. The van der Waals surface area contributed by atoms with Gasteiger partial charge in [0.2, 0.25) is 0 Å². The molecule has 1 aliphatic carbocycles. The Hall–Kier alpha value is -0.320. The van der Waals surface area contributed by atoms with E-state index >= 15 is 0 Å². The minimum absolute atomic E-state index is 0.220. The first-order chi connectivity index (χ1) is 4.74. The normalized spacial score (nSPS) is 16.2. The largest absolute Gasteiger partial charge is 0.466 e. The maximum absolute atomic E-state index is 10.8. The molecule has 54 valence electrons. The predicted molar refractivity (Wildman–Crippen MR) is 46.8 cm³/mol. The molecule has 0 radical (unpaired) electrons. The highest BCUT2D eigenvalue weighted by atomic mass is 127. The molecule has 0 unspecified atom stereocenters. The molecule has 2 nitrogen and oxygen atoms in total. The summed E-state index contributed by atoms with van der Waals surface area (Å²) in [5.74, 6) is -0.220. The molecule has 0 bridgehead atoms. The van der Waals surface area contributed by atoms with Gasteiger partial charge in [0.1, 0.15) is 0 Å². The summed E-state index contributed by atoms with van der Waals surface area (Å²) in [7, 11) is 1.40. The number of carbonyl (C=O) groups is 1. The first-order valence-electron chi connectivity index (χ1n) is 2.88. The fourth-order valence-electron chi connectivity index (χ4n) is 0.765. The molecule has 0 saturated carbocycles. The lowest BCUT2D eigenvalue weighted by Crippen LogP contribution is -2.01. The van der Waals surface area contributed by atoms with Gasteiger partial charge in [0, 0.05) is 9.15 Å². The molecule has 0 aromatic rings. The number of allylic oxidation sites excluding steroid dienone is 3. The lowest BCUT2D eigenvalue weighted by Gasteiger charge is -1.95. The van der Waals surface area contributed by atoms with Crippen LogP contribution in [0.1, 0.15) is 6.42 Å². The van der Waals surface area contributed by atoms with Crippen LogP contribution in [0.25, 0.3) is 0 Å². The van der Waals surface area contributed by atoms with E-state index in [1.54, 1.807) is 0 Å². The molecule has 0 N–H and O–H groups in total. The molecule has 0 atom stereocenters. The Balaban J connectivity index is 2.63. The fourth-order valence-corrected chi connectivity index (χ4v) is 1.36. The fraction of sp³-hybridized carbons (Fsp3) is 0.286. The van der Waals surface area contributed by atoms with Crippen molar-refractivity contribution in [3.05, 3.63) is 21.3 Å². The highest BCUT2D eigenvalue weighted by Crippen LogP contribution is 2.22. The first kappa shape index (κ1) is 7.78. The van der Waals surface area contributed by atoms with Gasteiger partial charge in [0.25, 0.3) is 0 Å². The van der Waals surface area contributed by atoms with Gasteiger partial charge in [-0.2, -0.15) is 0 Å². The minimum atomic E-state index is -0.220. The second-order valence-corrected chi connectivity index (χ2v) is 3.20. The molecule has 0 fully saturated rings. The maximum atomic E-state index is 10.8. The summed E-state index contributed by atoms with van der Waals surface area (Å²) in [6.07, 6.45) is 4.55. The van der Waals surface area contributed by atoms with E-state index in [1.165, 1.54) is 7.11 Å². The zero-order chi connectivity index (χ0) is 7.56. The van der Waals surface area contributed by atoms with Crippen molar-refractivity contribution in [2.45, 2.75) is 6.42 Å². The number of rotatable bonds is 1. The summed E-state index contributed by atoms with van der Waals surface area (Å²) in [5, 5.41) is 0. The Kier molecular flexibility index (Phi) is 2.48. The standard InChI is InChI=1S/C7H7IO2/c1-10-7(9)5-2-3-6(8)4-5/h3-4H,2H2,1H3. The van der Waals surface area contributed by atoms with Crippen molar-refractivity contribution < 1.29 is 9.53 Å². The molecule has 0 aromatic heterocycles. The van der Waals surface area contributed by atoms with Crippen molar-refractivity contribution >= 4 is 28.6 Å². The second-order valence-electron chi connectivity index (χ2n) is 1.95. The lowest BCUT2D eigenvalue weighted by molar-refractivity contribution is -0.136. The Morgan fingerprint density at radius 2 is 2.50 bits per heavy atom. The molecule has 0 heterocycles. The zero-order valence-electron chi connectivity index (χ0n) is 5.56. The highest BCUT2D eigenvalue weighted by molar-refractivity contribution is 14.1. The average Bonchev–Trinajstić information content (AvgIpc) is 2.34. The highest BCUT2D eigenvalue weighted by Gasteiger charge is 2.12. The van der Waals surface area contributed by atoms with Gasteiger partial charge in [-0.3, -0.25) is 0 Å². The molecule has 1 aliphatic rings. The number of hydrogen-bond acceptors (Lipinski definition) is 2. The molecular weight excluding hydrogens is 243 g/mol. The number of ether oxygens (including phenoxy) is 1. The third-order valence-corrected chi connectivity index (χ3v) is 2.03. The van der Waals surface area contributed by atoms with E-state index in [0.29, 0.717) is 6.42 Å². The van der Waals surface area contributed by atoms with Crippen LogP contribution in [-0.4, -0.2) is 13.1 Å². The van der Waals surface area contributed by atoms with Gasteiger partial charge in [0.05, 0.1) is 7.11 Å². The van der Waals surface area contributed by atoms with E-state index in [9.17, 15) is 4.79 Å². The maximum Gasteiger partial charge on any atom is 0.334 e. The van der Waals surface area contributed by atoms with Crippen molar-refractivity contribution in [1.82, 2.24) is 0 Å². The van der Waals surface area contributed by atoms with Gasteiger partial charge in [-0.05, 0) is 35.1 Å². The Morgan fingerprint density at radius 3 is 2.90 bits per heavy atom. The van der Waals surface area contributed by atoms with Crippen molar-refractivity contribution in [2.75, 3.05) is 7.11 Å². The van der Waals surface area contributed by atoms with Crippen LogP contribution in [0.4, 0.5) is 0 Å². The predicted octanol–water partition coefficient (Wildman–Crippen LogP) is 1.81. The van der Waals surface area contributed by atoms with Gasteiger partial charge >= 0.3 is 5.97 Å². The van der Waals surface area contributed by atoms with Crippen molar-refractivity contribution in [3.63, 3.8) is 0 Å². The second kappa shape index (κ2) is 3.18. The molecule has 3 heteroatoms. The van der Waals surface area contributed by atoms with Crippen LogP contribution in [0.2, 0.25) is 0 Å². The quantitative estimate of drug-likeness (QED) is 0.524. The SMILES string of the molecule is COC(=O)C1=CC(I)=CC1. The molecule has 1 rings (SSSR count). The van der Waals surface area contributed by atoms with Crippen molar-refractivity contribution in [1.29, 1.82) is 0 Å². The van der Waals surface area contributed by atoms with Crippen LogP contribution in [0.5, 0.6) is 0 Å². The number of halogens is 1. The third-order valence-electron chi connectivity index (χ3n) is 1.28. The van der Waals surface area contributed by atoms with Gasteiger partial charge in [-0.1, -0.05) is 6.08 Å². The van der Waals surface area contributed by atoms with E-state index in [-0.39, 0.29) is 5.97 Å². The van der Waals surface area contributed by atoms with E-state index in [4.69, 9.17) is 0 Å². The Bertz CT molecular complexity index is 216. The van der Waals surface area contributed by atoms with Gasteiger partial charge in [-0.15, -0.1) is 0 Å². The molecule has 0 aliphatic heterocycles. The van der Waals surface area contributed by atoms with Gasteiger partial charge < -0.3 is 4.74 Å². The van der Waals surface area contributed by atoms with Crippen LogP contribution < -0.4 is 0 Å².